The van der Waals surface area contributed by atoms with Crippen molar-refractivity contribution in [2.75, 3.05) is 6.61 Å². The molecular formula is C18H39NO. The second kappa shape index (κ2) is 6.79. The van der Waals surface area contributed by atoms with E-state index in [1.165, 1.54) is 6.42 Å². The number of nitrogens with zero attached hydrogens (tertiary/aromatic N) is 1. The lowest BCUT2D eigenvalue weighted by Crippen LogP contribution is -2.54. The van der Waals surface area contributed by atoms with Crippen LogP contribution in [0.25, 0.3) is 0 Å². The predicted molar refractivity (Wildman–Crippen MR) is 90.3 cm³/mol. The predicted octanol–water partition coefficient (Wildman–Crippen LogP) is 5.12. The molecule has 2 unspecified atom stereocenters. The first-order valence-electron chi connectivity index (χ1n) is 8.06. The molecular weight excluding hydrogens is 246 g/mol. The molecule has 0 aromatic carbocycles. The summed E-state index contributed by atoms with van der Waals surface area (Å²) in [6, 6.07) is 0.972. The molecule has 0 aliphatic rings. The lowest BCUT2D eigenvalue weighted by Gasteiger charge is -2.46. The summed E-state index contributed by atoms with van der Waals surface area (Å²) in [6.45, 7) is 25.7. The Balaban J connectivity index is 4.89. The molecule has 0 amide bonds. The van der Waals surface area contributed by atoms with Crippen molar-refractivity contribution in [3.05, 3.63) is 0 Å². The van der Waals surface area contributed by atoms with Gasteiger partial charge < -0.3 is 4.74 Å². The molecule has 0 rings (SSSR count). The van der Waals surface area contributed by atoms with Crippen molar-refractivity contribution in [3.63, 3.8) is 0 Å². The van der Waals surface area contributed by atoms with E-state index in [1.54, 1.807) is 0 Å². The van der Waals surface area contributed by atoms with Crippen LogP contribution in [0.4, 0.5) is 0 Å². The van der Waals surface area contributed by atoms with Gasteiger partial charge in [0, 0.05) is 17.6 Å². The van der Waals surface area contributed by atoms with Gasteiger partial charge >= 0.3 is 0 Å². The first-order chi connectivity index (χ1) is 8.63. The van der Waals surface area contributed by atoms with Gasteiger partial charge in [-0.1, -0.05) is 20.8 Å². The Labute approximate surface area is 128 Å². The molecule has 122 valence electrons. The number of ether oxygens (including phenoxy) is 1. The van der Waals surface area contributed by atoms with Crippen LogP contribution >= 0.6 is 0 Å². The lowest BCUT2D eigenvalue weighted by molar-refractivity contribution is -0.0619. The van der Waals surface area contributed by atoms with Crippen molar-refractivity contribution < 1.29 is 4.74 Å². The summed E-state index contributed by atoms with van der Waals surface area (Å²) < 4.78 is 6.01. The molecule has 0 aromatic heterocycles. The molecule has 2 atom stereocenters. The van der Waals surface area contributed by atoms with E-state index in [9.17, 15) is 0 Å². The van der Waals surface area contributed by atoms with E-state index in [2.05, 4.69) is 81.1 Å². The fraction of sp³-hybridized carbons (Fsp3) is 1.00. The summed E-state index contributed by atoms with van der Waals surface area (Å²) in [4.78, 5) is 2.62. The highest BCUT2D eigenvalue weighted by molar-refractivity contribution is 4.87. The Bertz CT molecular complexity index is 277. The zero-order valence-electron chi connectivity index (χ0n) is 15.9. The van der Waals surface area contributed by atoms with Crippen LogP contribution in [0.2, 0.25) is 0 Å². The average molecular weight is 286 g/mol. The van der Waals surface area contributed by atoms with Gasteiger partial charge in [0.15, 0.2) is 0 Å². The topological polar surface area (TPSA) is 12.5 Å². The number of rotatable bonds is 5. The molecule has 20 heavy (non-hydrogen) atoms. The van der Waals surface area contributed by atoms with Crippen molar-refractivity contribution >= 4 is 0 Å². The van der Waals surface area contributed by atoms with Gasteiger partial charge in [-0.15, -0.1) is 0 Å². The molecule has 0 bridgehead atoms. The number of hydrogen-bond acceptors (Lipinski definition) is 2. The Morgan fingerprint density at radius 3 is 1.55 bits per heavy atom. The van der Waals surface area contributed by atoms with Gasteiger partial charge in [-0.3, -0.25) is 4.90 Å². The Morgan fingerprint density at radius 1 is 0.800 bits per heavy atom. The average Bonchev–Trinajstić information content (AvgIpc) is 2.07. The summed E-state index contributed by atoms with van der Waals surface area (Å²) >= 11 is 0. The summed E-state index contributed by atoms with van der Waals surface area (Å²) in [5.41, 5.74) is 0.448. The Kier molecular flexibility index (Phi) is 6.76. The highest BCUT2D eigenvalue weighted by atomic mass is 16.5. The van der Waals surface area contributed by atoms with Crippen LogP contribution in [0, 0.1) is 5.41 Å². The monoisotopic (exact) mass is 285 g/mol. The molecule has 0 heterocycles. The molecule has 0 saturated heterocycles. The van der Waals surface area contributed by atoms with Crippen LogP contribution in [-0.2, 0) is 4.74 Å². The third-order valence-corrected chi connectivity index (χ3v) is 3.39. The third kappa shape index (κ3) is 8.26. The molecule has 0 N–H and O–H groups in total. The van der Waals surface area contributed by atoms with E-state index in [0.29, 0.717) is 17.5 Å². The molecule has 0 aliphatic carbocycles. The van der Waals surface area contributed by atoms with Gasteiger partial charge in [0.1, 0.15) is 0 Å². The number of hydrogen-bond donors (Lipinski definition) is 0. The van der Waals surface area contributed by atoms with Crippen LogP contribution in [0.15, 0.2) is 0 Å². The molecule has 0 aliphatic heterocycles. The van der Waals surface area contributed by atoms with Gasteiger partial charge in [0.05, 0.1) is 12.2 Å². The van der Waals surface area contributed by atoms with Crippen molar-refractivity contribution in [2.45, 2.75) is 106 Å². The van der Waals surface area contributed by atoms with E-state index in [1.807, 2.05) is 0 Å². The van der Waals surface area contributed by atoms with E-state index in [0.717, 1.165) is 6.61 Å². The second-order valence-electron chi connectivity index (χ2n) is 9.46. The highest BCUT2D eigenvalue weighted by Gasteiger charge is 2.33. The zero-order valence-corrected chi connectivity index (χ0v) is 15.9. The summed E-state index contributed by atoms with van der Waals surface area (Å²) in [5, 5.41) is 0. The smallest absolute Gasteiger partial charge is 0.0626 e. The summed E-state index contributed by atoms with van der Waals surface area (Å²) in [7, 11) is 0. The van der Waals surface area contributed by atoms with Gasteiger partial charge in [0.25, 0.3) is 0 Å². The van der Waals surface area contributed by atoms with Gasteiger partial charge in [-0.05, 0) is 67.2 Å². The van der Waals surface area contributed by atoms with Crippen LogP contribution in [0.3, 0.4) is 0 Å². The fourth-order valence-electron chi connectivity index (χ4n) is 3.19. The summed E-state index contributed by atoms with van der Waals surface area (Å²) in [5.74, 6) is 0. The van der Waals surface area contributed by atoms with Crippen molar-refractivity contribution in [1.82, 2.24) is 4.90 Å². The van der Waals surface area contributed by atoms with Crippen molar-refractivity contribution in [2.24, 2.45) is 5.41 Å². The SMILES string of the molecule is CC(COC(C)(C)C)N(C(C)CC(C)(C)C)C(C)(C)C. The minimum absolute atomic E-state index is 0.0644. The Morgan fingerprint density at radius 2 is 1.25 bits per heavy atom. The molecule has 0 saturated carbocycles. The van der Waals surface area contributed by atoms with E-state index < -0.39 is 0 Å². The maximum absolute atomic E-state index is 6.01. The molecule has 0 radical (unpaired) electrons. The molecule has 2 heteroatoms. The van der Waals surface area contributed by atoms with Crippen molar-refractivity contribution in [3.8, 4) is 0 Å². The van der Waals surface area contributed by atoms with Gasteiger partial charge in [0.2, 0.25) is 0 Å². The second-order valence-corrected chi connectivity index (χ2v) is 9.46. The summed E-state index contributed by atoms with van der Waals surface area (Å²) in [6.07, 6.45) is 1.20. The third-order valence-electron chi connectivity index (χ3n) is 3.39. The maximum atomic E-state index is 6.01. The first-order valence-corrected chi connectivity index (χ1v) is 8.06. The standard InChI is InChI=1S/C18H39NO/c1-14(12-16(3,4)5)19(17(6,7)8)15(2)13-20-18(9,10)11/h14-15H,12-13H2,1-11H3. The fourth-order valence-corrected chi connectivity index (χ4v) is 3.19. The van der Waals surface area contributed by atoms with Gasteiger partial charge in [-0.2, -0.15) is 0 Å². The van der Waals surface area contributed by atoms with E-state index in [4.69, 9.17) is 4.74 Å². The quantitative estimate of drug-likeness (QED) is 0.695. The largest absolute Gasteiger partial charge is 0.374 e. The molecule has 2 nitrogen and oxygen atoms in total. The molecule has 0 spiro atoms. The van der Waals surface area contributed by atoms with E-state index in [-0.39, 0.29) is 11.1 Å². The zero-order chi connectivity index (χ0) is 16.4. The van der Waals surface area contributed by atoms with Gasteiger partial charge in [-0.25, -0.2) is 0 Å². The molecule has 0 aromatic rings. The molecule has 0 fully saturated rings. The maximum Gasteiger partial charge on any atom is 0.0626 e. The van der Waals surface area contributed by atoms with Crippen molar-refractivity contribution in [1.29, 1.82) is 0 Å². The lowest BCUT2D eigenvalue weighted by atomic mass is 9.86. The first kappa shape index (κ1) is 19.9. The Hall–Kier alpha value is -0.0800. The highest BCUT2D eigenvalue weighted by Crippen LogP contribution is 2.29. The van der Waals surface area contributed by atoms with Crippen LogP contribution in [0.5, 0.6) is 0 Å². The van der Waals surface area contributed by atoms with Crippen LogP contribution in [0.1, 0.15) is 82.6 Å². The van der Waals surface area contributed by atoms with Crippen LogP contribution in [-0.4, -0.2) is 34.7 Å². The minimum Gasteiger partial charge on any atom is -0.374 e. The minimum atomic E-state index is -0.0644. The van der Waals surface area contributed by atoms with E-state index >= 15 is 0 Å². The van der Waals surface area contributed by atoms with Crippen LogP contribution < -0.4 is 0 Å². The normalized spacial score (nSPS) is 17.4.